The van der Waals surface area contributed by atoms with E-state index < -0.39 is 16.5 Å². The first-order chi connectivity index (χ1) is 10.4. The van der Waals surface area contributed by atoms with Crippen molar-refractivity contribution in [3.8, 4) is 0 Å². The minimum absolute atomic E-state index is 0.262. The number of aromatic nitrogens is 1. The zero-order valence-corrected chi connectivity index (χ0v) is 14.4. The van der Waals surface area contributed by atoms with Crippen LogP contribution >= 0.6 is 26.5 Å². The molecule has 0 spiro atoms. The number of H-pyrrole nitrogens is 1. The minimum atomic E-state index is -2.42. The fourth-order valence-corrected chi connectivity index (χ4v) is 5.15. The van der Waals surface area contributed by atoms with Crippen molar-refractivity contribution in [1.29, 1.82) is 0 Å². The zero-order valence-electron chi connectivity index (χ0n) is 12.0. The van der Waals surface area contributed by atoms with Crippen LogP contribution in [0, 0.1) is 0 Å². The standard InChI is InChI=1S/C15H19BrN2O3S/c16-10-6-11-13(8-18-14(11)12(7-10)15(17)19)9-2-1-4-22(20,21)5-3-9/h6-9,18,20-21H,1-5H2,(H2,17,19). The normalized spacial score (nSPS) is 23.1. The van der Waals surface area contributed by atoms with Gasteiger partial charge in [0.2, 0.25) is 0 Å². The van der Waals surface area contributed by atoms with Gasteiger partial charge in [-0.1, -0.05) is 15.9 Å². The van der Waals surface area contributed by atoms with E-state index in [0.29, 0.717) is 17.1 Å². The van der Waals surface area contributed by atoms with Crippen LogP contribution in [0.3, 0.4) is 0 Å². The van der Waals surface area contributed by atoms with Gasteiger partial charge in [0.05, 0.1) is 11.1 Å². The van der Waals surface area contributed by atoms with Gasteiger partial charge in [-0.25, -0.2) is 0 Å². The van der Waals surface area contributed by atoms with Crippen molar-refractivity contribution in [2.24, 2.45) is 5.73 Å². The topological polar surface area (TPSA) is 99.3 Å². The SMILES string of the molecule is NC(=O)c1cc(Br)cc2c(C3CCCS(O)(O)CC3)c[nH]c12. The second kappa shape index (κ2) is 5.88. The molecule has 5 nitrogen and oxygen atoms in total. The Bertz CT molecular complexity index is 729. The summed E-state index contributed by atoms with van der Waals surface area (Å²) >= 11 is 3.43. The number of benzene rings is 1. The number of carbonyl (C=O) groups is 1. The first kappa shape index (κ1) is 15.9. The van der Waals surface area contributed by atoms with Gasteiger partial charge in [0, 0.05) is 27.6 Å². The van der Waals surface area contributed by atoms with Crippen LogP contribution in [0.1, 0.15) is 41.1 Å². The van der Waals surface area contributed by atoms with Crippen LogP contribution in [-0.4, -0.2) is 31.5 Å². The molecule has 1 atom stereocenters. The summed E-state index contributed by atoms with van der Waals surface area (Å²) in [6, 6.07) is 3.70. The molecule has 1 fully saturated rings. The second-order valence-corrected chi connectivity index (χ2v) is 9.16. The van der Waals surface area contributed by atoms with Crippen LogP contribution in [0.25, 0.3) is 10.9 Å². The number of nitrogens with one attached hydrogen (secondary N) is 1. The molecule has 22 heavy (non-hydrogen) atoms. The summed E-state index contributed by atoms with van der Waals surface area (Å²) in [7, 11) is -2.42. The molecule has 2 heterocycles. The van der Waals surface area contributed by atoms with E-state index in [1.165, 1.54) is 0 Å². The summed E-state index contributed by atoms with van der Waals surface area (Å²) in [4.78, 5) is 14.8. The van der Waals surface area contributed by atoms with E-state index in [9.17, 15) is 13.9 Å². The second-order valence-electron chi connectivity index (χ2n) is 5.82. The van der Waals surface area contributed by atoms with Gasteiger partial charge in [-0.3, -0.25) is 13.9 Å². The molecule has 7 heteroatoms. The van der Waals surface area contributed by atoms with Crippen LogP contribution < -0.4 is 5.73 Å². The van der Waals surface area contributed by atoms with Crippen molar-refractivity contribution in [2.75, 3.05) is 11.5 Å². The van der Waals surface area contributed by atoms with Gasteiger partial charge < -0.3 is 10.7 Å². The van der Waals surface area contributed by atoms with Crippen LogP contribution in [0.15, 0.2) is 22.8 Å². The number of hydrogen-bond donors (Lipinski definition) is 4. The van der Waals surface area contributed by atoms with Gasteiger partial charge in [0.15, 0.2) is 0 Å². The van der Waals surface area contributed by atoms with Crippen molar-refractivity contribution in [3.05, 3.63) is 33.9 Å². The van der Waals surface area contributed by atoms with Gasteiger partial charge >= 0.3 is 0 Å². The van der Waals surface area contributed by atoms with E-state index in [2.05, 4.69) is 20.9 Å². The molecule has 0 saturated carbocycles. The van der Waals surface area contributed by atoms with E-state index in [0.717, 1.165) is 40.2 Å². The highest BCUT2D eigenvalue weighted by Crippen LogP contribution is 2.47. The molecule has 1 aliphatic rings. The maximum Gasteiger partial charge on any atom is 0.250 e. The predicted molar refractivity (Wildman–Crippen MR) is 93.7 cm³/mol. The van der Waals surface area contributed by atoms with E-state index in [4.69, 9.17) is 5.73 Å². The summed E-state index contributed by atoms with van der Waals surface area (Å²) in [6.07, 6.45) is 4.39. The highest BCUT2D eigenvalue weighted by Gasteiger charge is 2.25. The van der Waals surface area contributed by atoms with Crippen molar-refractivity contribution in [3.63, 3.8) is 0 Å². The molecule has 0 bridgehead atoms. The third kappa shape index (κ3) is 3.03. The Labute approximate surface area is 138 Å². The Morgan fingerprint density at radius 1 is 1.32 bits per heavy atom. The lowest BCUT2D eigenvalue weighted by Crippen LogP contribution is -2.11. The van der Waals surface area contributed by atoms with E-state index in [-0.39, 0.29) is 5.92 Å². The molecule has 5 N–H and O–H groups in total. The highest BCUT2D eigenvalue weighted by molar-refractivity contribution is 9.10. The number of amides is 1. The molecule has 0 aliphatic carbocycles. The molecule has 120 valence electrons. The van der Waals surface area contributed by atoms with Gasteiger partial charge in [0.25, 0.3) is 5.91 Å². The Hall–Kier alpha value is -1.02. The van der Waals surface area contributed by atoms with Gasteiger partial charge in [-0.05, 0) is 42.9 Å². The first-order valence-electron chi connectivity index (χ1n) is 7.21. The van der Waals surface area contributed by atoms with Gasteiger partial charge in [0.1, 0.15) is 0 Å². The molecular formula is C15H19BrN2O3S. The maximum atomic E-state index is 11.6. The molecule has 1 unspecified atom stereocenters. The monoisotopic (exact) mass is 386 g/mol. The van der Waals surface area contributed by atoms with Crippen molar-refractivity contribution in [1.82, 2.24) is 4.98 Å². The number of aromatic amines is 1. The minimum Gasteiger partial charge on any atom is -0.366 e. The molecule has 1 aliphatic heterocycles. The third-order valence-electron chi connectivity index (χ3n) is 4.31. The largest absolute Gasteiger partial charge is 0.366 e. The van der Waals surface area contributed by atoms with E-state index in [1.807, 2.05) is 12.3 Å². The van der Waals surface area contributed by atoms with Crippen LogP contribution in [0.2, 0.25) is 0 Å². The van der Waals surface area contributed by atoms with E-state index >= 15 is 0 Å². The quantitative estimate of drug-likeness (QED) is 0.626. The zero-order chi connectivity index (χ0) is 15.9. The average molecular weight is 387 g/mol. The number of nitrogens with two attached hydrogens (primary N) is 1. The number of rotatable bonds is 2. The number of halogens is 1. The molecule has 1 aromatic carbocycles. The third-order valence-corrected chi connectivity index (χ3v) is 6.60. The number of hydrogen-bond acceptors (Lipinski definition) is 3. The average Bonchev–Trinajstić information content (AvgIpc) is 2.76. The lowest BCUT2D eigenvalue weighted by atomic mass is 9.91. The van der Waals surface area contributed by atoms with Crippen molar-refractivity contribution >= 4 is 43.3 Å². The number of fused-ring (bicyclic) bond motifs is 1. The van der Waals surface area contributed by atoms with Crippen molar-refractivity contribution < 1.29 is 13.9 Å². The fraction of sp³-hybridized carbons (Fsp3) is 0.400. The van der Waals surface area contributed by atoms with Crippen LogP contribution in [0.5, 0.6) is 0 Å². The first-order valence-corrected chi connectivity index (χ1v) is 9.89. The smallest absolute Gasteiger partial charge is 0.250 e. The molecule has 3 rings (SSSR count). The summed E-state index contributed by atoms with van der Waals surface area (Å²) < 4.78 is 20.6. The fourth-order valence-electron chi connectivity index (χ4n) is 3.20. The van der Waals surface area contributed by atoms with Gasteiger partial charge in [-0.15, -0.1) is 0 Å². The van der Waals surface area contributed by atoms with Crippen LogP contribution in [-0.2, 0) is 0 Å². The van der Waals surface area contributed by atoms with Crippen LogP contribution in [0.4, 0.5) is 0 Å². The summed E-state index contributed by atoms with van der Waals surface area (Å²) in [5.74, 6) is 0.732. The highest BCUT2D eigenvalue weighted by atomic mass is 79.9. The summed E-state index contributed by atoms with van der Waals surface area (Å²) in [5, 5.41) is 0.978. The molecule has 1 saturated heterocycles. The van der Waals surface area contributed by atoms with E-state index in [1.54, 1.807) is 6.07 Å². The Morgan fingerprint density at radius 2 is 2.09 bits per heavy atom. The Morgan fingerprint density at radius 3 is 2.82 bits per heavy atom. The number of carbonyl (C=O) groups excluding carboxylic acids is 1. The lowest BCUT2D eigenvalue weighted by Gasteiger charge is -2.30. The summed E-state index contributed by atoms with van der Waals surface area (Å²) in [6.45, 7) is 0. The molecule has 1 aromatic heterocycles. The molecule has 1 amide bonds. The predicted octanol–water partition coefficient (Wildman–Crippen LogP) is 4.05. The van der Waals surface area contributed by atoms with Crippen molar-refractivity contribution in [2.45, 2.75) is 25.2 Å². The summed E-state index contributed by atoms with van der Waals surface area (Å²) in [5.41, 5.74) is 7.79. The lowest BCUT2D eigenvalue weighted by molar-refractivity contribution is 0.100. The molecule has 0 radical (unpaired) electrons. The maximum absolute atomic E-state index is 11.6. The molecular weight excluding hydrogens is 368 g/mol. The molecule has 2 aromatic rings. The Kier molecular flexibility index (Phi) is 4.24. The van der Waals surface area contributed by atoms with Gasteiger partial charge in [-0.2, -0.15) is 10.6 Å². The Balaban J connectivity index is 2.03. The number of primary amides is 1.